The lowest BCUT2D eigenvalue weighted by atomic mass is 9.98. The summed E-state index contributed by atoms with van der Waals surface area (Å²) in [5.41, 5.74) is -0.736. The van der Waals surface area contributed by atoms with E-state index in [-0.39, 0.29) is 30.8 Å². The summed E-state index contributed by atoms with van der Waals surface area (Å²) in [4.78, 5) is 37.1. The molecule has 1 saturated heterocycles. The summed E-state index contributed by atoms with van der Waals surface area (Å²) in [7, 11) is 0. The van der Waals surface area contributed by atoms with E-state index in [4.69, 9.17) is 0 Å². The van der Waals surface area contributed by atoms with Gasteiger partial charge < -0.3 is 16.0 Å². The summed E-state index contributed by atoms with van der Waals surface area (Å²) in [6, 6.07) is -0.443. The first-order chi connectivity index (χ1) is 10.1. The molecule has 4 amide bonds. The van der Waals surface area contributed by atoms with E-state index in [0.29, 0.717) is 25.9 Å². The summed E-state index contributed by atoms with van der Waals surface area (Å²) in [5.74, 6) is -0.545. The molecule has 1 saturated carbocycles. The number of amides is 4. The lowest BCUT2D eigenvalue weighted by Gasteiger charge is -2.19. The maximum Gasteiger partial charge on any atom is 0.325 e. The van der Waals surface area contributed by atoms with Gasteiger partial charge in [0.25, 0.3) is 5.91 Å². The van der Waals surface area contributed by atoms with Crippen LogP contribution in [0.1, 0.15) is 39.0 Å². The largest absolute Gasteiger partial charge is 0.353 e. The van der Waals surface area contributed by atoms with Crippen molar-refractivity contribution in [2.75, 3.05) is 26.2 Å². The number of rotatable bonds is 7. The van der Waals surface area contributed by atoms with E-state index in [1.165, 1.54) is 0 Å². The molecule has 0 radical (unpaired) electrons. The van der Waals surface area contributed by atoms with Crippen LogP contribution in [0.3, 0.4) is 0 Å². The van der Waals surface area contributed by atoms with Gasteiger partial charge in [0.05, 0.1) is 0 Å². The number of carbonyl (C=O) groups excluding carboxylic acids is 3. The Morgan fingerprint density at radius 3 is 2.55 bits per heavy atom. The molecule has 0 aromatic carbocycles. The highest BCUT2D eigenvalue weighted by atomic mass is 35.5. The van der Waals surface area contributed by atoms with Crippen molar-refractivity contribution < 1.29 is 14.4 Å². The van der Waals surface area contributed by atoms with Crippen LogP contribution in [0.2, 0.25) is 0 Å². The molecule has 126 valence electrons. The first-order valence-corrected chi connectivity index (χ1v) is 7.70. The zero-order valence-electron chi connectivity index (χ0n) is 12.9. The molecule has 0 aromatic rings. The predicted molar refractivity (Wildman–Crippen MR) is 84.9 cm³/mol. The van der Waals surface area contributed by atoms with Gasteiger partial charge in [-0.3, -0.25) is 14.5 Å². The van der Waals surface area contributed by atoms with Gasteiger partial charge in [-0.05, 0) is 25.8 Å². The lowest BCUT2D eigenvalue weighted by molar-refractivity contribution is -0.134. The van der Waals surface area contributed by atoms with E-state index in [1.807, 2.05) is 0 Å². The monoisotopic (exact) mass is 332 g/mol. The molecule has 2 aliphatic rings. The molecule has 0 atom stereocenters. The minimum Gasteiger partial charge on any atom is -0.353 e. The van der Waals surface area contributed by atoms with Crippen molar-refractivity contribution in [1.82, 2.24) is 20.9 Å². The molecule has 1 aliphatic carbocycles. The van der Waals surface area contributed by atoms with Crippen LogP contribution < -0.4 is 16.0 Å². The Bertz CT molecular complexity index is 424. The van der Waals surface area contributed by atoms with E-state index in [9.17, 15) is 14.4 Å². The fraction of sp³-hybridized carbons (Fsp3) is 0.786. The standard InChI is InChI=1S/C14H24N4O3.ClH/c1-2-7-15-8-9-16-11(19)10-18-12(20)14(17-13(18)21)5-3-4-6-14;/h15H,2-10H2,1H3,(H,16,19)(H,17,21);1H. The molecule has 22 heavy (non-hydrogen) atoms. The Balaban J connectivity index is 0.00000242. The highest BCUT2D eigenvalue weighted by Crippen LogP contribution is 2.34. The molecule has 0 aromatic heterocycles. The van der Waals surface area contributed by atoms with E-state index < -0.39 is 11.6 Å². The second kappa shape index (κ2) is 8.33. The fourth-order valence-electron chi connectivity index (χ4n) is 2.93. The summed E-state index contributed by atoms with van der Waals surface area (Å²) >= 11 is 0. The number of halogens is 1. The van der Waals surface area contributed by atoms with E-state index in [0.717, 1.165) is 30.7 Å². The van der Waals surface area contributed by atoms with Crippen LogP contribution in [0.25, 0.3) is 0 Å². The average molecular weight is 333 g/mol. The Morgan fingerprint density at radius 1 is 1.23 bits per heavy atom. The Kier molecular flexibility index (Phi) is 7.09. The number of hydrogen-bond acceptors (Lipinski definition) is 4. The van der Waals surface area contributed by atoms with Crippen molar-refractivity contribution in [2.24, 2.45) is 0 Å². The topological polar surface area (TPSA) is 90.5 Å². The van der Waals surface area contributed by atoms with Gasteiger partial charge >= 0.3 is 6.03 Å². The molecule has 7 nitrogen and oxygen atoms in total. The van der Waals surface area contributed by atoms with Crippen molar-refractivity contribution >= 4 is 30.3 Å². The second-order valence-electron chi connectivity index (χ2n) is 5.71. The number of urea groups is 1. The molecular weight excluding hydrogens is 308 g/mol. The molecule has 0 unspecified atom stereocenters. The van der Waals surface area contributed by atoms with Gasteiger partial charge in [-0.15, -0.1) is 12.4 Å². The lowest BCUT2D eigenvalue weighted by Crippen LogP contribution is -2.45. The van der Waals surface area contributed by atoms with Crippen LogP contribution in [-0.2, 0) is 9.59 Å². The molecule has 2 fully saturated rings. The zero-order valence-corrected chi connectivity index (χ0v) is 13.8. The Morgan fingerprint density at radius 2 is 1.91 bits per heavy atom. The van der Waals surface area contributed by atoms with Crippen molar-refractivity contribution in [1.29, 1.82) is 0 Å². The zero-order chi connectivity index (χ0) is 15.3. The van der Waals surface area contributed by atoms with Gasteiger partial charge in [-0.25, -0.2) is 4.79 Å². The quantitative estimate of drug-likeness (QED) is 0.464. The average Bonchev–Trinajstić information content (AvgIpc) is 3.00. The summed E-state index contributed by atoms with van der Waals surface area (Å²) in [6.45, 7) is 3.96. The van der Waals surface area contributed by atoms with Crippen molar-refractivity contribution in [3.8, 4) is 0 Å². The SMILES string of the molecule is CCCNCCNC(=O)CN1C(=O)NC2(CCCC2)C1=O.Cl. The Hall–Kier alpha value is -1.34. The van der Waals surface area contributed by atoms with Crippen LogP contribution >= 0.6 is 12.4 Å². The number of carbonyl (C=O) groups is 3. The van der Waals surface area contributed by atoms with Crippen LogP contribution in [0.5, 0.6) is 0 Å². The van der Waals surface area contributed by atoms with E-state index in [2.05, 4.69) is 22.9 Å². The third-order valence-corrected chi connectivity index (χ3v) is 4.06. The third kappa shape index (κ3) is 4.10. The van der Waals surface area contributed by atoms with Crippen molar-refractivity contribution in [2.45, 2.75) is 44.6 Å². The molecule has 1 spiro atoms. The molecule has 0 bridgehead atoms. The highest BCUT2D eigenvalue weighted by Gasteiger charge is 2.52. The number of imide groups is 1. The van der Waals surface area contributed by atoms with Crippen LogP contribution in [-0.4, -0.2) is 54.5 Å². The third-order valence-electron chi connectivity index (χ3n) is 4.06. The van der Waals surface area contributed by atoms with Crippen LogP contribution in [0.4, 0.5) is 4.79 Å². The van der Waals surface area contributed by atoms with Gasteiger partial charge in [0.15, 0.2) is 0 Å². The molecule has 1 aliphatic heterocycles. The first kappa shape index (κ1) is 18.7. The summed E-state index contributed by atoms with van der Waals surface area (Å²) < 4.78 is 0. The normalized spacial score (nSPS) is 19.2. The fourth-order valence-corrected chi connectivity index (χ4v) is 2.93. The first-order valence-electron chi connectivity index (χ1n) is 7.70. The highest BCUT2D eigenvalue weighted by molar-refractivity contribution is 6.09. The summed E-state index contributed by atoms with van der Waals surface area (Å²) in [6.07, 6.45) is 4.27. The van der Waals surface area contributed by atoms with Crippen molar-refractivity contribution in [3.63, 3.8) is 0 Å². The Labute approximate surface area is 137 Å². The number of nitrogens with zero attached hydrogens (tertiary/aromatic N) is 1. The van der Waals surface area contributed by atoms with Gasteiger partial charge in [-0.2, -0.15) is 0 Å². The molecular formula is C14H25ClN4O3. The van der Waals surface area contributed by atoms with Crippen LogP contribution in [0, 0.1) is 0 Å². The van der Waals surface area contributed by atoms with Gasteiger partial charge in [0.2, 0.25) is 5.91 Å². The predicted octanol–water partition coefficient (Wildman–Crippen LogP) is 0.389. The maximum absolute atomic E-state index is 12.3. The number of nitrogens with one attached hydrogen (secondary N) is 3. The molecule has 2 rings (SSSR count). The van der Waals surface area contributed by atoms with Gasteiger partial charge in [0.1, 0.15) is 12.1 Å². The minimum absolute atomic E-state index is 0. The smallest absolute Gasteiger partial charge is 0.325 e. The van der Waals surface area contributed by atoms with Crippen LogP contribution in [0.15, 0.2) is 0 Å². The van der Waals surface area contributed by atoms with Crippen molar-refractivity contribution in [3.05, 3.63) is 0 Å². The second-order valence-corrected chi connectivity index (χ2v) is 5.71. The number of hydrogen-bond donors (Lipinski definition) is 3. The molecule has 8 heteroatoms. The van der Waals surface area contributed by atoms with Gasteiger partial charge in [0, 0.05) is 13.1 Å². The minimum atomic E-state index is -0.736. The summed E-state index contributed by atoms with van der Waals surface area (Å²) in [5, 5.41) is 8.64. The van der Waals surface area contributed by atoms with Gasteiger partial charge in [-0.1, -0.05) is 19.8 Å². The van der Waals surface area contributed by atoms with E-state index in [1.54, 1.807) is 0 Å². The molecule has 1 heterocycles. The maximum atomic E-state index is 12.3. The van der Waals surface area contributed by atoms with E-state index >= 15 is 0 Å². The molecule has 3 N–H and O–H groups in total.